The van der Waals surface area contributed by atoms with Crippen molar-refractivity contribution < 1.29 is 4.42 Å². The summed E-state index contributed by atoms with van der Waals surface area (Å²) in [5.41, 5.74) is 0.999. The van der Waals surface area contributed by atoms with Crippen molar-refractivity contribution in [1.29, 1.82) is 0 Å². The summed E-state index contributed by atoms with van der Waals surface area (Å²) < 4.78 is 5.26. The molecule has 5 heteroatoms. The van der Waals surface area contributed by atoms with Gasteiger partial charge in [-0.3, -0.25) is 4.98 Å². The third kappa shape index (κ3) is 2.64. The normalized spacial score (nSPS) is 12.6. The van der Waals surface area contributed by atoms with Gasteiger partial charge in [-0.25, -0.2) is 0 Å². The van der Waals surface area contributed by atoms with Gasteiger partial charge in [0.1, 0.15) is 0 Å². The zero-order chi connectivity index (χ0) is 11.4. The Hall–Kier alpha value is -1.75. The van der Waals surface area contributed by atoms with E-state index in [-0.39, 0.29) is 6.04 Å². The van der Waals surface area contributed by atoms with Crippen LogP contribution in [0.15, 0.2) is 28.8 Å². The lowest BCUT2D eigenvalue weighted by Crippen LogP contribution is -2.19. The maximum Gasteiger partial charge on any atom is 0.230 e. The van der Waals surface area contributed by atoms with E-state index in [1.807, 2.05) is 25.1 Å². The highest BCUT2D eigenvalue weighted by atomic mass is 16.4. The van der Waals surface area contributed by atoms with Gasteiger partial charge in [-0.2, -0.15) is 0 Å². The fourth-order valence-electron chi connectivity index (χ4n) is 1.39. The Morgan fingerprint density at radius 1 is 1.38 bits per heavy atom. The summed E-state index contributed by atoms with van der Waals surface area (Å²) in [6.45, 7) is 4.38. The molecule has 1 atom stereocenters. The van der Waals surface area contributed by atoms with Crippen molar-refractivity contribution in [3.05, 3.63) is 41.9 Å². The van der Waals surface area contributed by atoms with Gasteiger partial charge in [0.15, 0.2) is 0 Å². The van der Waals surface area contributed by atoms with E-state index in [0.717, 1.165) is 5.69 Å². The zero-order valence-corrected chi connectivity index (χ0v) is 9.34. The Labute approximate surface area is 93.9 Å². The van der Waals surface area contributed by atoms with Crippen LogP contribution in [0.1, 0.15) is 30.4 Å². The first-order valence-corrected chi connectivity index (χ1v) is 5.19. The molecule has 0 aliphatic rings. The quantitative estimate of drug-likeness (QED) is 0.844. The fraction of sp³-hybridized carbons (Fsp3) is 0.364. The molecule has 0 aliphatic heterocycles. The smallest absolute Gasteiger partial charge is 0.230 e. The lowest BCUT2D eigenvalue weighted by molar-refractivity contribution is 0.428. The Morgan fingerprint density at radius 2 is 2.25 bits per heavy atom. The predicted octanol–water partition coefficient (Wildman–Crippen LogP) is 1.62. The van der Waals surface area contributed by atoms with Crippen molar-refractivity contribution in [3.63, 3.8) is 0 Å². The van der Waals surface area contributed by atoms with Crippen molar-refractivity contribution in [2.24, 2.45) is 0 Å². The average Bonchev–Trinajstić information content (AvgIpc) is 2.73. The molecule has 0 radical (unpaired) electrons. The molecule has 2 heterocycles. The van der Waals surface area contributed by atoms with Crippen molar-refractivity contribution in [2.75, 3.05) is 0 Å². The molecule has 0 saturated heterocycles. The van der Waals surface area contributed by atoms with Crippen molar-refractivity contribution >= 4 is 0 Å². The number of nitrogens with one attached hydrogen (secondary N) is 1. The Bertz CT molecular complexity index is 440. The van der Waals surface area contributed by atoms with Crippen LogP contribution in [0.4, 0.5) is 0 Å². The second-order valence-electron chi connectivity index (χ2n) is 3.57. The molecule has 2 aromatic heterocycles. The van der Waals surface area contributed by atoms with Gasteiger partial charge in [0.25, 0.3) is 0 Å². The van der Waals surface area contributed by atoms with E-state index in [4.69, 9.17) is 4.42 Å². The van der Waals surface area contributed by atoms with E-state index < -0.39 is 0 Å². The van der Waals surface area contributed by atoms with Crippen LogP contribution >= 0.6 is 0 Å². The first-order chi connectivity index (χ1) is 7.75. The van der Waals surface area contributed by atoms with Crippen LogP contribution in [0.5, 0.6) is 0 Å². The molecule has 0 spiro atoms. The number of hydrogen-bond donors (Lipinski definition) is 1. The highest BCUT2D eigenvalue weighted by Gasteiger charge is 2.07. The number of nitrogens with zero attached hydrogens (tertiary/aromatic N) is 3. The van der Waals surface area contributed by atoms with Crippen LogP contribution < -0.4 is 5.32 Å². The molecule has 0 unspecified atom stereocenters. The first-order valence-electron chi connectivity index (χ1n) is 5.19. The summed E-state index contributed by atoms with van der Waals surface area (Å²) in [6, 6.07) is 6.01. The van der Waals surface area contributed by atoms with Gasteiger partial charge in [-0.05, 0) is 19.1 Å². The maximum atomic E-state index is 5.26. The minimum Gasteiger partial charge on any atom is -0.424 e. The largest absolute Gasteiger partial charge is 0.424 e. The maximum absolute atomic E-state index is 5.26. The summed E-state index contributed by atoms with van der Waals surface area (Å²) in [7, 11) is 0. The van der Waals surface area contributed by atoms with Gasteiger partial charge < -0.3 is 9.73 Å². The summed E-state index contributed by atoms with van der Waals surface area (Å²) in [6.07, 6.45) is 1.78. The fourth-order valence-corrected chi connectivity index (χ4v) is 1.39. The third-order valence-corrected chi connectivity index (χ3v) is 2.26. The van der Waals surface area contributed by atoms with Gasteiger partial charge in [0, 0.05) is 19.2 Å². The topological polar surface area (TPSA) is 63.8 Å². The molecule has 84 valence electrons. The summed E-state index contributed by atoms with van der Waals surface area (Å²) in [4.78, 5) is 4.27. The monoisotopic (exact) mass is 218 g/mol. The van der Waals surface area contributed by atoms with E-state index in [1.54, 1.807) is 13.1 Å². The van der Waals surface area contributed by atoms with Crippen LogP contribution in [0.3, 0.4) is 0 Å². The minimum absolute atomic E-state index is 0.161. The standard InChI is InChI=1S/C11H14N4O/c1-8(10-5-3-4-6-12-10)13-7-11-15-14-9(2)16-11/h3-6,8,13H,7H2,1-2H3/t8-/m1/s1. The van der Waals surface area contributed by atoms with Gasteiger partial charge in [0.05, 0.1) is 12.2 Å². The van der Waals surface area contributed by atoms with Crippen molar-refractivity contribution in [3.8, 4) is 0 Å². The van der Waals surface area contributed by atoms with E-state index >= 15 is 0 Å². The summed E-state index contributed by atoms with van der Waals surface area (Å²) >= 11 is 0. The molecule has 16 heavy (non-hydrogen) atoms. The number of pyridine rings is 1. The van der Waals surface area contributed by atoms with Crippen LogP contribution in [0, 0.1) is 6.92 Å². The Morgan fingerprint density at radius 3 is 2.88 bits per heavy atom. The van der Waals surface area contributed by atoms with E-state index in [0.29, 0.717) is 18.3 Å². The number of aromatic nitrogens is 3. The molecule has 0 amide bonds. The molecule has 0 aliphatic carbocycles. The Kier molecular flexibility index (Phi) is 3.26. The Balaban J connectivity index is 1.91. The van der Waals surface area contributed by atoms with Crippen molar-refractivity contribution in [1.82, 2.24) is 20.5 Å². The lowest BCUT2D eigenvalue weighted by atomic mass is 10.2. The lowest BCUT2D eigenvalue weighted by Gasteiger charge is -2.10. The highest BCUT2D eigenvalue weighted by molar-refractivity contribution is 5.07. The number of aryl methyl sites for hydroxylation is 1. The van der Waals surface area contributed by atoms with Crippen LogP contribution in [-0.4, -0.2) is 15.2 Å². The molecule has 0 fully saturated rings. The molecule has 2 aromatic rings. The first kappa shape index (κ1) is 10.8. The molecular weight excluding hydrogens is 204 g/mol. The molecule has 5 nitrogen and oxygen atoms in total. The van der Waals surface area contributed by atoms with Gasteiger partial charge in [0.2, 0.25) is 11.8 Å². The molecule has 0 aromatic carbocycles. The molecule has 0 saturated carbocycles. The van der Waals surface area contributed by atoms with Gasteiger partial charge in [-0.15, -0.1) is 10.2 Å². The summed E-state index contributed by atoms with van der Waals surface area (Å²) in [5, 5.41) is 10.9. The molecule has 1 N–H and O–H groups in total. The zero-order valence-electron chi connectivity index (χ0n) is 9.34. The molecule has 2 rings (SSSR count). The minimum atomic E-state index is 0.161. The second-order valence-corrected chi connectivity index (χ2v) is 3.57. The van der Waals surface area contributed by atoms with Gasteiger partial charge in [-0.1, -0.05) is 6.07 Å². The number of rotatable bonds is 4. The predicted molar refractivity (Wildman–Crippen MR) is 58.5 cm³/mol. The van der Waals surface area contributed by atoms with E-state index in [2.05, 4.69) is 20.5 Å². The van der Waals surface area contributed by atoms with Crippen molar-refractivity contribution in [2.45, 2.75) is 26.4 Å². The number of hydrogen-bond acceptors (Lipinski definition) is 5. The summed E-state index contributed by atoms with van der Waals surface area (Å²) in [5.74, 6) is 1.18. The second kappa shape index (κ2) is 4.85. The third-order valence-electron chi connectivity index (χ3n) is 2.26. The SMILES string of the molecule is Cc1nnc(CN[C@H](C)c2ccccn2)o1. The van der Waals surface area contributed by atoms with Crippen LogP contribution in [0.2, 0.25) is 0 Å². The average molecular weight is 218 g/mol. The highest BCUT2D eigenvalue weighted by Crippen LogP contribution is 2.08. The van der Waals surface area contributed by atoms with Crippen LogP contribution in [-0.2, 0) is 6.54 Å². The molecule has 0 bridgehead atoms. The van der Waals surface area contributed by atoms with E-state index in [1.165, 1.54) is 0 Å². The van der Waals surface area contributed by atoms with Crippen LogP contribution in [0.25, 0.3) is 0 Å². The van der Waals surface area contributed by atoms with Gasteiger partial charge >= 0.3 is 0 Å². The van der Waals surface area contributed by atoms with E-state index in [9.17, 15) is 0 Å². The molecular formula is C11H14N4O.